The maximum absolute atomic E-state index is 5.47. The van der Waals surface area contributed by atoms with E-state index in [0.29, 0.717) is 18.3 Å². The van der Waals surface area contributed by atoms with Crippen LogP contribution in [0.1, 0.15) is 25.4 Å². The van der Waals surface area contributed by atoms with Crippen molar-refractivity contribution < 1.29 is 9.15 Å². The van der Waals surface area contributed by atoms with Crippen LogP contribution in [0.15, 0.2) is 16.9 Å². The van der Waals surface area contributed by atoms with Crippen LogP contribution in [0.25, 0.3) is 0 Å². The minimum Gasteiger partial charge on any atom is -0.446 e. The summed E-state index contributed by atoms with van der Waals surface area (Å²) in [4.78, 5) is 5.78. The fraction of sp³-hybridized carbons (Fsp3) is 0.500. The van der Waals surface area contributed by atoms with Gasteiger partial charge in [0.15, 0.2) is 5.82 Å². The third kappa shape index (κ3) is 2.44. The topological polar surface area (TPSA) is 92.0 Å². The first-order valence-corrected chi connectivity index (χ1v) is 5.17. The molecule has 7 heteroatoms. The zero-order chi connectivity index (χ0) is 12.5. The lowest BCUT2D eigenvalue weighted by atomic mass is 10.1. The Hall–Kier alpha value is -1.89. The van der Waals surface area contributed by atoms with Crippen molar-refractivity contribution in [2.75, 3.05) is 12.8 Å². The molecule has 92 valence electrons. The van der Waals surface area contributed by atoms with Crippen LogP contribution in [-0.2, 0) is 16.9 Å². The van der Waals surface area contributed by atoms with Crippen molar-refractivity contribution in [3.05, 3.63) is 24.0 Å². The Bertz CT molecular complexity index is 502. The maximum atomic E-state index is 5.47. The highest BCUT2D eigenvalue weighted by Crippen LogP contribution is 2.22. The number of hydrogen-bond donors (Lipinski definition) is 1. The number of aromatic nitrogens is 4. The molecule has 0 aliphatic heterocycles. The number of hydrogen-bond acceptors (Lipinski definition) is 6. The molecule has 2 rings (SSSR count). The van der Waals surface area contributed by atoms with Crippen molar-refractivity contribution in [1.82, 2.24) is 20.0 Å². The summed E-state index contributed by atoms with van der Waals surface area (Å²) in [7, 11) is 1.61. The zero-order valence-corrected chi connectivity index (χ0v) is 10.0. The highest BCUT2D eigenvalue weighted by molar-refractivity contribution is 5.19. The minimum absolute atomic E-state index is 0.380. The van der Waals surface area contributed by atoms with Crippen LogP contribution in [0.2, 0.25) is 0 Å². The van der Waals surface area contributed by atoms with Gasteiger partial charge in [-0.15, -0.1) is 5.10 Å². The third-order valence-electron chi connectivity index (χ3n) is 2.43. The van der Waals surface area contributed by atoms with Gasteiger partial charge in [0.1, 0.15) is 24.1 Å². The fourth-order valence-electron chi connectivity index (χ4n) is 1.28. The van der Waals surface area contributed by atoms with Crippen LogP contribution in [0.5, 0.6) is 0 Å². The molecule has 0 saturated carbocycles. The first-order valence-electron chi connectivity index (χ1n) is 5.17. The predicted molar refractivity (Wildman–Crippen MR) is 60.1 cm³/mol. The number of anilines is 1. The third-order valence-corrected chi connectivity index (χ3v) is 2.43. The van der Waals surface area contributed by atoms with E-state index in [4.69, 9.17) is 14.9 Å². The second kappa shape index (κ2) is 4.17. The van der Waals surface area contributed by atoms with E-state index in [1.807, 2.05) is 13.8 Å². The summed E-state index contributed by atoms with van der Waals surface area (Å²) in [6, 6.07) is 0. The molecule has 17 heavy (non-hydrogen) atoms. The quantitative estimate of drug-likeness (QED) is 0.844. The summed E-state index contributed by atoms with van der Waals surface area (Å²) in [6.07, 6.45) is 3.05. The van der Waals surface area contributed by atoms with Crippen LogP contribution < -0.4 is 5.73 Å². The smallest absolute Gasteiger partial charge is 0.226 e. The molecule has 0 amide bonds. The number of methoxy groups -OCH3 is 1. The molecule has 0 radical (unpaired) electrons. The summed E-state index contributed by atoms with van der Waals surface area (Å²) in [6.45, 7) is 4.18. The monoisotopic (exact) mass is 237 g/mol. The summed E-state index contributed by atoms with van der Waals surface area (Å²) in [5, 5.41) is 7.94. The zero-order valence-electron chi connectivity index (χ0n) is 10.0. The average Bonchev–Trinajstić information content (AvgIpc) is 2.89. The molecule has 0 aromatic carbocycles. The van der Waals surface area contributed by atoms with Gasteiger partial charge in [-0.3, -0.25) is 0 Å². The van der Waals surface area contributed by atoms with E-state index in [2.05, 4.69) is 15.2 Å². The molecule has 0 bridgehead atoms. The van der Waals surface area contributed by atoms with E-state index in [9.17, 15) is 0 Å². The molecule has 2 N–H and O–H groups in total. The second-order valence-corrected chi connectivity index (χ2v) is 4.16. The van der Waals surface area contributed by atoms with Crippen LogP contribution in [0, 0.1) is 0 Å². The van der Waals surface area contributed by atoms with Gasteiger partial charge in [0.25, 0.3) is 0 Å². The first-order chi connectivity index (χ1) is 8.01. The van der Waals surface area contributed by atoms with Gasteiger partial charge < -0.3 is 14.9 Å². The molecular formula is C10H15N5O2. The van der Waals surface area contributed by atoms with Crippen LogP contribution in [-0.4, -0.2) is 27.1 Å². The molecule has 2 heterocycles. The van der Waals surface area contributed by atoms with Gasteiger partial charge in [0, 0.05) is 7.11 Å². The summed E-state index contributed by atoms with van der Waals surface area (Å²) in [5.74, 6) is 0.904. The average molecular weight is 237 g/mol. The Balaban J connectivity index is 2.14. The molecule has 0 fully saturated rings. The van der Waals surface area contributed by atoms with Crippen molar-refractivity contribution in [1.29, 1.82) is 0 Å². The molecule has 2 aromatic heterocycles. The molecule has 0 spiro atoms. The van der Waals surface area contributed by atoms with E-state index in [0.717, 1.165) is 5.69 Å². The van der Waals surface area contributed by atoms with Crippen LogP contribution >= 0.6 is 0 Å². The minimum atomic E-state index is -0.547. The number of oxazole rings is 1. The van der Waals surface area contributed by atoms with Crippen LogP contribution in [0.3, 0.4) is 0 Å². The fourth-order valence-corrected chi connectivity index (χ4v) is 1.28. The lowest BCUT2D eigenvalue weighted by molar-refractivity contribution is -0.00369. The van der Waals surface area contributed by atoms with Gasteiger partial charge in [-0.05, 0) is 13.8 Å². The summed E-state index contributed by atoms with van der Waals surface area (Å²) in [5.41, 5.74) is 5.65. The number of rotatable bonds is 4. The van der Waals surface area contributed by atoms with Gasteiger partial charge in [0.05, 0.1) is 6.20 Å². The molecule has 0 aliphatic rings. The van der Waals surface area contributed by atoms with Crippen molar-refractivity contribution in [3.8, 4) is 0 Å². The lowest BCUT2D eigenvalue weighted by Crippen LogP contribution is -2.20. The Morgan fingerprint density at radius 1 is 1.53 bits per heavy atom. The van der Waals surface area contributed by atoms with Gasteiger partial charge in [-0.25, -0.2) is 4.98 Å². The second-order valence-electron chi connectivity index (χ2n) is 4.16. The Morgan fingerprint density at radius 3 is 2.88 bits per heavy atom. The molecule has 0 aliphatic carbocycles. The number of nitrogens with two attached hydrogens (primary N) is 1. The molecule has 7 nitrogen and oxygen atoms in total. The van der Waals surface area contributed by atoms with E-state index in [-0.39, 0.29) is 0 Å². The lowest BCUT2D eigenvalue weighted by Gasteiger charge is -2.17. The maximum Gasteiger partial charge on any atom is 0.226 e. The van der Waals surface area contributed by atoms with Crippen molar-refractivity contribution in [3.63, 3.8) is 0 Å². The van der Waals surface area contributed by atoms with Gasteiger partial charge >= 0.3 is 0 Å². The highest BCUT2D eigenvalue weighted by Gasteiger charge is 2.25. The van der Waals surface area contributed by atoms with Crippen molar-refractivity contribution in [2.45, 2.75) is 26.0 Å². The van der Waals surface area contributed by atoms with Crippen molar-refractivity contribution >= 4 is 5.82 Å². The van der Waals surface area contributed by atoms with Crippen molar-refractivity contribution in [2.24, 2.45) is 0 Å². The Morgan fingerprint density at radius 2 is 2.29 bits per heavy atom. The van der Waals surface area contributed by atoms with Crippen LogP contribution in [0.4, 0.5) is 5.82 Å². The molecule has 0 atom stereocenters. The SMILES string of the molecule is COC(C)(C)c1nc(Cn2ncc(N)n2)co1. The van der Waals surface area contributed by atoms with E-state index >= 15 is 0 Å². The molecule has 0 unspecified atom stereocenters. The van der Waals surface area contributed by atoms with Gasteiger partial charge in [0.2, 0.25) is 5.89 Å². The normalized spacial score (nSPS) is 11.9. The highest BCUT2D eigenvalue weighted by atomic mass is 16.5. The largest absolute Gasteiger partial charge is 0.446 e. The summed E-state index contributed by atoms with van der Waals surface area (Å²) < 4.78 is 10.6. The Kier molecular flexibility index (Phi) is 2.84. The standard InChI is InChI=1S/C10H15N5O2/c1-10(2,16-3)9-13-7(6-17-9)5-15-12-4-8(11)14-15/h4,6H,5H2,1-3H3,(H2,11,14). The van der Waals surface area contributed by atoms with E-state index in [1.165, 1.54) is 11.0 Å². The molecule has 2 aromatic rings. The van der Waals surface area contributed by atoms with E-state index < -0.39 is 5.60 Å². The number of nitrogens with zero attached hydrogens (tertiary/aromatic N) is 4. The van der Waals surface area contributed by atoms with E-state index in [1.54, 1.807) is 13.4 Å². The molecular weight excluding hydrogens is 222 g/mol. The first kappa shape index (κ1) is 11.6. The van der Waals surface area contributed by atoms with Gasteiger partial charge in [-0.2, -0.15) is 9.90 Å². The number of ether oxygens (including phenoxy) is 1. The van der Waals surface area contributed by atoms with Gasteiger partial charge in [-0.1, -0.05) is 0 Å². The Labute approximate surface area is 98.6 Å². The molecule has 0 saturated heterocycles. The summed E-state index contributed by atoms with van der Waals surface area (Å²) >= 11 is 0. The number of nitrogen functional groups attached to an aromatic ring is 1. The predicted octanol–water partition coefficient (Wildman–Crippen LogP) is 0.778.